The van der Waals surface area contributed by atoms with Crippen LogP contribution in [0.3, 0.4) is 0 Å². The first-order chi connectivity index (χ1) is 9.92. The van der Waals surface area contributed by atoms with Crippen molar-refractivity contribution in [1.29, 1.82) is 0 Å². The van der Waals surface area contributed by atoms with Crippen LogP contribution in [0.5, 0.6) is 0 Å². The first kappa shape index (κ1) is 16.3. The number of methoxy groups -OCH3 is 1. The second kappa shape index (κ2) is 6.77. The van der Waals surface area contributed by atoms with E-state index < -0.39 is 36.8 Å². The van der Waals surface area contributed by atoms with Crippen LogP contribution >= 0.6 is 0 Å². The van der Waals surface area contributed by atoms with Gasteiger partial charge in [0.2, 0.25) is 0 Å². The summed E-state index contributed by atoms with van der Waals surface area (Å²) in [6.07, 6.45) is -4.30. The summed E-state index contributed by atoms with van der Waals surface area (Å²) in [6.45, 7) is 1.78. The molecule has 1 fully saturated rings. The largest absolute Gasteiger partial charge is 0.393 e. The van der Waals surface area contributed by atoms with Crippen molar-refractivity contribution in [1.82, 2.24) is 15.0 Å². The summed E-state index contributed by atoms with van der Waals surface area (Å²) in [5.41, 5.74) is 0.610. The monoisotopic (exact) mass is 303 g/mol. The Labute approximate surface area is 121 Å². The molecule has 2 rings (SSSR count). The van der Waals surface area contributed by atoms with Gasteiger partial charge in [-0.1, -0.05) is 5.21 Å². The molecule has 1 saturated heterocycles. The highest BCUT2D eigenvalue weighted by atomic mass is 16.7. The van der Waals surface area contributed by atoms with Crippen LogP contribution in [-0.2, 0) is 22.4 Å². The van der Waals surface area contributed by atoms with E-state index in [1.165, 1.54) is 11.8 Å². The molecular formula is C12H21N3O6. The Kier molecular flexibility index (Phi) is 5.25. The summed E-state index contributed by atoms with van der Waals surface area (Å²) >= 11 is 0. The topological polar surface area (TPSA) is 130 Å². The summed E-state index contributed by atoms with van der Waals surface area (Å²) in [5.74, 6) is 0. The molecule has 21 heavy (non-hydrogen) atoms. The number of hydrogen-bond acceptors (Lipinski definition) is 8. The highest BCUT2D eigenvalue weighted by molar-refractivity contribution is 4.95. The molecule has 1 aliphatic rings. The molecule has 1 unspecified atom stereocenters. The van der Waals surface area contributed by atoms with Crippen LogP contribution in [0.4, 0.5) is 0 Å². The molecular weight excluding hydrogens is 282 g/mol. The third-order valence-corrected chi connectivity index (χ3v) is 3.36. The lowest BCUT2D eigenvalue weighted by atomic mass is 9.99. The van der Waals surface area contributed by atoms with Gasteiger partial charge in [0, 0.05) is 19.7 Å². The van der Waals surface area contributed by atoms with Crippen molar-refractivity contribution < 1.29 is 29.9 Å². The molecule has 2 heterocycles. The molecule has 120 valence electrons. The van der Waals surface area contributed by atoms with E-state index in [-0.39, 0.29) is 6.54 Å². The summed E-state index contributed by atoms with van der Waals surface area (Å²) in [4.78, 5) is 0. The van der Waals surface area contributed by atoms with E-state index in [2.05, 4.69) is 10.3 Å². The zero-order valence-electron chi connectivity index (χ0n) is 11.9. The summed E-state index contributed by atoms with van der Waals surface area (Å²) in [5, 5.41) is 46.5. The Morgan fingerprint density at radius 2 is 2.05 bits per heavy atom. The maximum atomic E-state index is 9.94. The molecule has 0 amide bonds. The molecule has 9 nitrogen and oxygen atoms in total. The Morgan fingerprint density at radius 1 is 1.33 bits per heavy atom. The number of ether oxygens (including phenoxy) is 2. The number of aliphatic hydroxyl groups excluding tert-OH is 4. The van der Waals surface area contributed by atoms with E-state index in [0.29, 0.717) is 12.1 Å². The Morgan fingerprint density at radius 3 is 2.67 bits per heavy atom. The van der Waals surface area contributed by atoms with Gasteiger partial charge in [0.15, 0.2) is 6.29 Å². The van der Waals surface area contributed by atoms with E-state index in [1.807, 2.05) is 0 Å². The lowest BCUT2D eigenvalue weighted by Crippen LogP contribution is -2.58. The average molecular weight is 303 g/mol. The summed E-state index contributed by atoms with van der Waals surface area (Å²) < 4.78 is 11.8. The summed E-state index contributed by atoms with van der Waals surface area (Å²) in [7, 11) is 1.34. The molecule has 9 heteroatoms. The minimum absolute atomic E-state index is 0.137. The molecule has 0 bridgehead atoms. The standard InChI is InChI=1S/C12H21N3O6/c1-6(16)3-7-4-15(14-13-7)5-8-9(17)10(18)11(19)12(20-2)21-8/h4,6,8-12,16-19H,3,5H2,1-2H3/t6?,8-,9+,10+,11-,12-/m1/s1. The molecule has 0 saturated carbocycles. The van der Waals surface area contributed by atoms with Crippen molar-refractivity contribution >= 4 is 0 Å². The quantitative estimate of drug-likeness (QED) is 0.476. The zero-order chi connectivity index (χ0) is 15.6. The fourth-order valence-electron chi connectivity index (χ4n) is 2.27. The average Bonchev–Trinajstić information content (AvgIpc) is 2.86. The molecule has 0 aliphatic carbocycles. The smallest absolute Gasteiger partial charge is 0.186 e. The molecule has 0 spiro atoms. The van der Waals surface area contributed by atoms with Crippen LogP contribution in [0.25, 0.3) is 0 Å². The van der Waals surface area contributed by atoms with Crippen LogP contribution in [-0.4, -0.2) is 79.3 Å². The third-order valence-electron chi connectivity index (χ3n) is 3.36. The van der Waals surface area contributed by atoms with Gasteiger partial charge in [-0.2, -0.15) is 0 Å². The van der Waals surface area contributed by atoms with E-state index in [4.69, 9.17) is 9.47 Å². The Bertz CT molecular complexity index is 452. The fraction of sp³-hybridized carbons (Fsp3) is 0.833. The second-order valence-electron chi connectivity index (χ2n) is 5.24. The van der Waals surface area contributed by atoms with Crippen molar-refractivity contribution in [2.45, 2.75) is 56.7 Å². The van der Waals surface area contributed by atoms with Crippen LogP contribution in [0, 0.1) is 0 Å². The maximum Gasteiger partial charge on any atom is 0.186 e. The van der Waals surface area contributed by atoms with Crippen LogP contribution in [0.15, 0.2) is 6.20 Å². The highest BCUT2D eigenvalue weighted by Gasteiger charge is 2.44. The van der Waals surface area contributed by atoms with Gasteiger partial charge in [-0.15, -0.1) is 5.10 Å². The third kappa shape index (κ3) is 3.76. The van der Waals surface area contributed by atoms with Gasteiger partial charge in [-0.05, 0) is 6.92 Å². The number of aromatic nitrogens is 3. The van der Waals surface area contributed by atoms with Crippen LogP contribution < -0.4 is 0 Å². The number of aliphatic hydroxyl groups is 4. The SMILES string of the molecule is CO[C@@H]1O[C@H](Cn2cc(CC(C)O)nn2)[C@H](O)[C@H](O)[C@H]1O. The van der Waals surface area contributed by atoms with E-state index in [1.54, 1.807) is 13.1 Å². The Balaban J connectivity index is 2.02. The first-order valence-corrected chi connectivity index (χ1v) is 6.72. The summed E-state index contributed by atoms with van der Waals surface area (Å²) in [6, 6.07) is 0. The number of nitrogens with zero attached hydrogens (tertiary/aromatic N) is 3. The van der Waals surface area contributed by atoms with Gasteiger partial charge in [0.05, 0.1) is 18.3 Å². The van der Waals surface area contributed by atoms with Crippen LogP contribution in [0.2, 0.25) is 0 Å². The molecule has 1 aliphatic heterocycles. The minimum atomic E-state index is -1.37. The predicted molar refractivity (Wildman–Crippen MR) is 69.1 cm³/mol. The van der Waals surface area contributed by atoms with E-state index in [9.17, 15) is 20.4 Å². The van der Waals surface area contributed by atoms with Gasteiger partial charge in [-0.3, -0.25) is 0 Å². The van der Waals surface area contributed by atoms with Crippen LogP contribution in [0.1, 0.15) is 12.6 Å². The minimum Gasteiger partial charge on any atom is -0.393 e. The van der Waals surface area contributed by atoms with Crippen molar-refractivity contribution in [3.05, 3.63) is 11.9 Å². The molecule has 1 aromatic heterocycles. The lowest BCUT2D eigenvalue weighted by Gasteiger charge is -2.39. The molecule has 0 radical (unpaired) electrons. The molecule has 4 N–H and O–H groups in total. The van der Waals surface area contributed by atoms with Gasteiger partial charge in [0.25, 0.3) is 0 Å². The number of rotatable bonds is 5. The number of hydrogen-bond donors (Lipinski definition) is 4. The predicted octanol–water partition coefficient (Wildman–Crippen LogP) is -2.34. The molecule has 6 atom stereocenters. The maximum absolute atomic E-state index is 9.94. The zero-order valence-corrected chi connectivity index (χ0v) is 11.9. The van der Waals surface area contributed by atoms with E-state index >= 15 is 0 Å². The van der Waals surface area contributed by atoms with Gasteiger partial charge in [0.1, 0.15) is 24.4 Å². The van der Waals surface area contributed by atoms with E-state index in [0.717, 1.165) is 0 Å². The van der Waals surface area contributed by atoms with Crippen molar-refractivity contribution in [3.8, 4) is 0 Å². The molecule has 0 aromatic carbocycles. The lowest BCUT2D eigenvalue weighted by molar-refractivity contribution is -0.292. The fourth-order valence-corrected chi connectivity index (χ4v) is 2.27. The normalized spacial score (nSPS) is 34.9. The second-order valence-corrected chi connectivity index (χ2v) is 5.24. The van der Waals surface area contributed by atoms with Gasteiger partial charge >= 0.3 is 0 Å². The molecule has 1 aromatic rings. The van der Waals surface area contributed by atoms with Crippen molar-refractivity contribution in [3.63, 3.8) is 0 Å². The van der Waals surface area contributed by atoms with Crippen molar-refractivity contribution in [2.24, 2.45) is 0 Å². The van der Waals surface area contributed by atoms with Gasteiger partial charge in [-0.25, -0.2) is 4.68 Å². The van der Waals surface area contributed by atoms with Gasteiger partial charge < -0.3 is 29.9 Å². The first-order valence-electron chi connectivity index (χ1n) is 6.72. The Hall–Kier alpha value is -1.10. The highest BCUT2D eigenvalue weighted by Crippen LogP contribution is 2.22. The van der Waals surface area contributed by atoms with Crippen molar-refractivity contribution in [2.75, 3.05) is 7.11 Å².